The Bertz CT molecular complexity index is 413. The van der Waals surface area contributed by atoms with Crippen molar-refractivity contribution < 1.29 is 9.50 Å². The Morgan fingerprint density at radius 1 is 1.26 bits per heavy atom. The summed E-state index contributed by atoms with van der Waals surface area (Å²) in [5.74, 6) is -0.237. The summed E-state index contributed by atoms with van der Waals surface area (Å²) in [7, 11) is 4.00. The van der Waals surface area contributed by atoms with E-state index < -0.39 is 5.60 Å². The minimum absolute atomic E-state index is 0.0153. The summed E-state index contributed by atoms with van der Waals surface area (Å²) in [6, 6.07) is 6.70. The highest BCUT2D eigenvalue weighted by atomic mass is 19.1. The van der Waals surface area contributed by atoms with E-state index in [0.717, 1.165) is 37.8 Å². The number of likely N-dealkylation sites (N-methyl/N-ethyl adjacent to an activating group) is 1. The van der Waals surface area contributed by atoms with E-state index in [1.807, 2.05) is 20.2 Å². The zero-order chi connectivity index (χ0) is 13.9. The summed E-state index contributed by atoms with van der Waals surface area (Å²) in [5.41, 5.74) is 0.231. The average molecular weight is 265 g/mol. The molecule has 106 valence electrons. The molecule has 2 nitrogen and oxygen atoms in total. The Balaban J connectivity index is 2.29. The zero-order valence-corrected chi connectivity index (χ0v) is 11.9. The molecule has 1 aromatic carbocycles. The SMILES string of the molecule is CN(C)CC(c1cccc(F)c1)C1(O)CCCCC1. The molecule has 0 amide bonds. The Labute approximate surface area is 115 Å². The third-order valence-electron chi connectivity index (χ3n) is 4.17. The van der Waals surface area contributed by atoms with Crippen molar-refractivity contribution in [1.29, 1.82) is 0 Å². The number of rotatable bonds is 4. The van der Waals surface area contributed by atoms with Crippen LogP contribution in [0.1, 0.15) is 43.6 Å². The summed E-state index contributed by atoms with van der Waals surface area (Å²) < 4.78 is 13.5. The van der Waals surface area contributed by atoms with Gasteiger partial charge in [-0.1, -0.05) is 31.4 Å². The van der Waals surface area contributed by atoms with Crippen LogP contribution in [0.3, 0.4) is 0 Å². The van der Waals surface area contributed by atoms with Crippen LogP contribution in [0.25, 0.3) is 0 Å². The second kappa shape index (κ2) is 6.02. The maximum absolute atomic E-state index is 13.5. The lowest BCUT2D eigenvalue weighted by Gasteiger charge is -2.40. The molecule has 1 N–H and O–H groups in total. The number of benzene rings is 1. The predicted octanol–water partition coefficient (Wildman–Crippen LogP) is 3.17. The predicted molar refractivity (Wildman–Crippen MR) is 75.7 cm³/mol. The van der Waals surface area contributed by atoms with Crippen molar-refractivity contribution in [2.75, 3.05) is 20.6 Å². The first-order valence-corrected chi connectivity index (χ1v) is 7.14. The third kappa shape index (κ3) is 3.54. The smallest absolute Gasteiger partial charge is 0.123 e. The van der Waals surface area contributed by atoms with E-state index in [-0.39, 0.29) is 11.7 Å². The molecular weight excluding hydrogens is 241 g/mol. The number of hydrogen-bond acceptors (Lipinski definition) is 2. The molecule has 0 aromatic heterocycles. The van der Waals surface area contributed by atoms with Gasteiger partial charge in [0.15, 0.2) is 0 Å². The van der Waals surface area contributed by atoms with Crippen molar-refractivity contribution in [1.82, 2.24) is 4.90 Å². The van der Waals surface area contributed by atoms with Gasteiger partial charge in [0.05, 0.1) is 5.60 Å². The van der Waals surface area contributed by atoms with Gasteiger partial charge in [-0.2, -0.15) is 0 Å². The fourth-order valence-corrected chi connectivity index (χ4v) is 3.19. The molecule has 0 saturated heterocycles. The molecule has 1 unspecified atom stereocenters. The molecule has 1 atom stereocenters. The number of halogens is 1. The van der Waals surface area contributed by atoms with Gasteiger partial charge in [0, 0.05) is 12.5 Å². The molecule has 1 aromatic rings. The highest BCUT2D eigenvalue weighted by Crippen LogP contribution is 2.40. The van der Waals surface area contributed by atoms with Gasteiger partial charge in [-0.15, -0.1) is 0 Å². The highest BCUT2D eigenvalue weighted by molar-refractivity contribution is 5.25. The Morgan fingerprint density at radius 3 is 2.53 bits per heavy atom. The maximum Gasteiger partial charge on any atom is 0.123 e. The molecule has 1 saturated carbocycles. The van der Waals surface area contributed by atoms with Crippen molar-refractivity contribution in [3.05, 3.63) is 35.6 Å². The molecule has 19 heavy (non-hydrogen) atoms. The van der Waals surface area contributed by atoms with Gasteiger partial charge in [0.1, 0.15) is 5.82 Å². The average Bonchev–Trinajstić information content (AvgIpc) is 2.36. The molecule has 3 heteroatoms. The van der Waals surface area contributed by atoms with Crippen molar-refractivity contribution in [3.8, 4) is 0 Å². The lowest BCUT2D eigenvalue weighted by molar-refractivity contribution is -0.0278. The van der Waals surface area contributed by atoms with Gasteiger partial charge in [-0.05, 0) is 44.6 Å². The molecule has 0 bridgehead atoms. The minimum Gasteiger partial charge on any atom is -0.389 e. The molecule has 0 aliphatic heterocycles. The Hall–Kier alpha value is -0.930. The Morgan fingerprint density at radius 2 is 1.95 bits per heavy atom. The van der Waals surface area contributed by atoms with Crippen LogP contribution < -0.4 is 0 Å². The summed E-state index contributed by atoms with van der Waals surface area (Å²) in [5, 5.41) is 11.0. The molecule has 1 aliphatic rings. The normalized spacial score (nSPS) is 20.5. The van der Waals surface area contributed by atoms with Crippen LogP contribution in [0.2, 0.25) is 0 Å². The monoisotopic (exact) mass is 265 g/mol. The highest BCUT2D eigenvalue weighted by Gasteiger charge is 2.38. The van der Waals surface area contributed by atoms with Crippen molar-refractivity contribution in [2.45, 2.75) is 43.6 Å². The van der Waals surface area contributed by atoms with Gasteiger partial charge in [0.2, 0.25) is 0 Å². The van der Waals surface area contributed by atoms with Crippen molar-refractivity contribution in [2.24, 2.45) is 0 Å². The summed E-state index contributed by atoms with van der Waals surface area (Å²) in [4.78, 5) is 2.07. The van der Waals surface area contributed by atoms with E-state index >= 15 is 0 Å². The van der Waals surface area contributed by atoms with Crippen LogP contribution in [0.15, 0.2) is 24.3 Å². The lowest BCUT2D eigenvalue weighted by atomic mass is 9.72. The first-order chi connectivity index (χ1) is 9.01. The molecule has 1 aliphatic carbocycles. The molecule has 1 fully saturated rings. The van der Waals surface area contributed by atoms with Gasteiger partial charge < -0.3 is 10.0 Å². The molecule has 0 radical (unpaired) electrons. The third-order valence-corrected chi connectivity index (χ3v) is 4.17. The second-order valence-corrected chi connectivity index (χ2v) is 6.03. The largest absolute Gasteiger partial charge is 0.389 e. The fourth-order valence-electron chi connectivity index (χ4n) is 3.19. The minimum atomic E-state index is -0.684. The summed E-state index contributed by atoms with van der Waals surface area (Å²) in [6.07, 6.45) is 4.97. The van der Waals surface area contributed by atoms with E-state index in [2.05, 4.69) is 4.90 Å². The molecule has 0 heterocycles. The number of aliphatic hydroxyl groups is 1. The van der Waals surface area contributed by atoms with Crippen molar-refractivity contribution >= 4 is 0 Å². The second-order valence-electron chi connectivity index (χ2n) is 6.03. The lowest BCUT2D eigenvalue weighted by Crippen LogP contribution is -2.42. The van der Waals surface area contributed by atoms with Crippen LogP contribution in [0, 0.1) is 5.82 Å². The van der Waals surface area contributed by atoms with Crippen LogP contribution in [0.5, 0.6) is 0 Å². The molecule has 2 rings (SSSR count). The van der Waals surface area contributed by atoms with Gasteiger partial charge in [0.25, 0.3) is 0 Å². The Kier molecular flexibility index (Phi) is 4.58. The van der Waals surface area contributed by atoms with Crippen LogP contribution in [-0.4, -0.2) is 36.2 Å². The van der Waals surface area contributed by atoms with Crippen LogP contribution in [-0.2, 0) is 0 Å². The molecular formula is C16H24FNO. The van der Waals surface area contributed by atoms with E-state index in [1.54, 1.807) is 12.1 Å². The van der Waals surface area contributed by atoms with E-state index in [0.29, 0.717) is 0 Å². The summed E-state index contributed by atoms with van der Waals surface area (Å²) >= 11 is 0. The van der Waals surface area contributed by atoms with E-state index in [1.165, 1.54) is 12.5 Å². The van der Waals surface area contributed by atoms with Gasteiger partial charge >= 0.3 is 0 Å². The maximum atomic E-state index is 13.5. The first kappa shape index (κ1) is 14.5. The van der Waals surface area contributed by atoms with Crippen LogP contribution >= 0.6 is 0 Å². The number of hydrogen-bond donors (Lipinski definition) is 1. The number of nitrogens with zero attached hydrogens (tertiary/aromatic N) is 1. The fraction of sp³-hybridized carbons (Fsp3) is 0.625. The topological polar surface area (TPSA) is 23.5 Å². The van der Waals surface area contributed by atoms with Crippen LogP contribution in [0.4, 0.5) is 4.39 Å². The van der Waals surface area contributed by atoms with E-state index in [4.69, 9.17) is 0 Å². The molecule has 0 spiro atoms. The van der Waals surface area contributed by atoms with E-state index in [9.17, 15) is 9.50 Å². The standard InChI is InChI=1S/C16H24FNO/c1-18(2)12-15(13-7-6-8-14(17)11-13)16(19)9-4-3-5-10-16/h6-8,11,15,19H,3-5,9-10,12H2,1-2H3. The van der Waals surface area contributed by atoms with Gasteiger partial charge in [-0.3, -0.25) is 0 Å². The summed E-state index contributed by atoms with van der Waals surface area (Å²) in [6.45, 7) is 0.750. The first-order valence-electron chi connectivity index (χ1n) is 7.14. The zero-order valence-electron chi connectivity index (χ0n) is 11.9. The van der Waals surface area contributed by atoms with Gasteiger partial charge in [-0.25, -0.2) is 4.39 Å². The van der Waals surface area contributed by atoms with Crippen molar-refractivity contribution in [3.63, 3.8) is 0 Å². The quantitative estimate of drug-likeness (QED) is 0.904.